The molecule has 0 aliphatic carbocycles. The van der Waals surface area contributed by atoms with Gasteiger partial charge in [-0.3, -0.25) is 5.32 Å². The summed E-state index contributed by atoms with van der Waals surface area (Å²) in [6.07, 6.45) is 0. The lowest BCUT2D eigenvalue weighted by Crippen LogP contribution is -2.20. The number of nitrogens with one attached hydrogen (secondary N) is 1. The van der Waals surface area contributed by atoms with E-state index < -0.39 is 12.0 Å². The van der Waals surface area contributed by atoms with Crippen molar-refractivity contribution in [2.75, 3.05) is 5.32 Å². The van der Waals surface area contributed by atoms with Crippen molar-refractivity contribution in [3.05, 3.63) is 36.0 Å². The first-order chi connectivity index (χ1) is 8.58. The van der Waals surface area contributed by atoms with Crippen LogP contribution < -0.4 is 11.1 Å². The fourth-order valence-corrected chi connectivity index (χ4v) is 2.33. The number of amides is 2. The third kappa shape index (κ3) is 2.46. The average Bonchev–Trinajstić information content (AvgIpc) is 2.73. The number of nitrogens with two attached hydrogens (primary N) is 1. The molecular weight excluding hydrogens is 254 g/mol. The molecule has 2 amide bonds. The second-order valence-electron chi connectivity index (χ2n) is 3.36. The molecule has 1 aromatic heterocycles. The first-order valence-electron chi connectivity index (χ1n) is 4.94. The Labute approximate surface area is 106 Å². The van der Waals surface area contributed by atoms with Crippen molar-refractivity contribution in [1.82, 2.24) is 4.98 Å². The molecule has 1 heterocycles. The number of carbonyl (C=O) groups excluding carboxylic acids is 1. The van der Waals surface area contributed by atoms with Crippen LogP contribution in [-0.4, -0.2) is 22.1 Å². The number of hydrogen-bond acceptors (Lipinski definition) is 4. The lowest BCUT2D eigenvalue weighted by Gasteiger charge is -1.96. The zero-order valence-corrected chi connectivity index (χ0v) is 9.90. The standard InChI is InChI=1S/C11H9N3O3S/c12-11(17)14-9-7(10(15)16)13-8(18-9)6-4-2-1-3-5-6/h1-5H,(H,15,16)(H3,12,14,17). The number of thiazole rings is 1. The van der Waals surface area contributed by atoms with Gasteiger partial charge < -0.3 is 10.8 Å². The van der Waals surface area contributed by atoms with Crippen LogP contribution in [0.4, 0.5) is 9.80 Å². The monoisotopic (exact) mass is 263 g/mol. The van der Waals surface area contributed by atoms with Gasteiger partial charge in [-0.25, -0.2) is 14.6 Å². The van der Waals surface area contributed by atoms with Gasteiger partial charge in [0.1, 0.15) is 10.0 Å². The molecule has 0 radical (unpaired) electrons. The maximum Gasteiger partial charge on any atom is 0.357 e. The second kappa shape index (κ2) is 4.84. The summed E-state index contributed by atoms with van der Waals surface area (Å²) in [6, 6.07) is 8.27. The van der Waals surface area contributed by atoms with Crippen LogP contribution in [-0.2, 0) is 0 Å². The number of carboxylic acid groups (broad SMARTS) is 1. The third-order valence-corrected chi connectivity index (χ3v) is 3.11. The largest absolute Gasteiger partial charge is 0.476 e. The van der Waals surface area contributed by atoms with Crippen molar-refractivity contribution < 1.29 is 14.7 Å². The van der Waals surface area contributed by atoms with Crippen LogP contribution >= 0.6 is 11.3 Å². The quantitative estimate of drug-likeness (QED) is 0.787. The summed E-state index contributed by atoms with van der Waals surface area (Å²) in [5.41, 5.74) is 5.55. The van der Waals surface area contributed by atoms with Crippen LogP contribution in [0.1, 0.15) is 10.5 Å². The number of primary amides is 1. The molecule has 0 fully saturated rings. The second-order valence-corrected chi connectivity index (χ2v) is 4.36. The summed E-state index contributed by atoms with van der Waals surface area (Å²) in [6.45, 7) is 0. The normalized spacial score (nSPS) is 10.0. The number of hydrogen-bond donors (Lipinski definition) is 3. The predicted octanol–water partition coefficient (Wildman–Crippen LogP) is 2.00. The molecule has 7 heteroatoms. The van der Waals surface area contributed by atoms with Gasteiger partial charge in [-0.15, -0.1) is 0 Å². The van der Waals surface area contributed by atoms with Crippen LogP contribution in [0.3, 0.4) is 0 Å². The third-order valence-electron chi connectivity index (χ3n) is 2.09. The number of carbonyl (C=O) groups is 2. The molecule has 0 saturated heterocycles. The minimum absolute atomic E-state index is 0.133. The van der Waals surface area contributed by atoms with E-state index in [1.54, 1.807) is 12.1 Å². The van der Waals surface area contributed by atoms with Crippen molar-refractivity contribution in [2.45, 2.75) is 0 Å². The molecule has 0 bridgehead atoms. The minimum atomic E-state index is -1.21. The van der Waals surface area contributed by atoms with Crippen molar-refractivity contribution >= 4 is 28.3 Å². The summed E-state index contributed by atoms with van der Waals surface area (Å²) < 4.78 is 0. The predicted molar refractivity (Wildman–Crippen MR) is 67.7 cm³/mol. The van der Waals surface area contributed by atoms with Gasteiger partial charge in [0, 0.05) is 5.56 Å². The van der Waals surface area contributed by atoms with Gasteiger partial charge in [0.25, 0.3) is 0 Å². The fourth-order valence-electron chi connectivity index (χ4n) is 1.37. The van der Waals surface area contributed by atoms with Crippen LogP contribution in [0.5, 0.6) is 0 Å². The lowest BCUT2D eigenvalue weighted by atomic mass is 10.2. The average molecular weight is 263 g/mol. The number of nitrogens with zero attached hydrogens (tertiary/aromatic N) is 1. The summed E-state index contributed by atoms with van der Waals surface area (Å²) in [5.74, 6) is -1.21. The van der Waals surface area contributed by atoms with E-state index in [0.717, 1.165) is 16.9 Å². The van der Waals surface area contributed by atoms with E-state index in [-0.39, 0.29) is 10.7 Å². The Morgan fingerprint density at radius 1 is 1.28 bits per heavy atom. The van der Waals surface area contributed by atoms with Crippen LogP contribution in [0.15, 0.2) is 30.3 Å². The van der Waals surface area contributed by atoms with Crippen molar-refractivity contribution in [3.63, 3.8) is 0 Å². The topological polar surface area (TPSA) is 105 Å². The van der Waals surface area contributed by atoms with E-state index in [4.69, 9.17) is 10.8 Å². The highest BCUT2D eigenvalue weighted by molar-refractivity contribution is 7.19. The molecule has 2 rings (SSSR count). The van der Waals surface area contributed by atoms with Gasteiger partial charge in [-0.2, -0.15) is 0 Å². The number of aromatic carboxylic acids is 1. The number of rotatable bonds is 3. The molecule has 1 aromatic carbocycles. The number of carboxylic acids is 1. The molecule has 0 atom stereocenters. The Morgan fingerprint density at radius 3 is 2.50 bits per heavy atom. The highest BCUT2D eigenvalue weighted by atomic mass is 32.1. The Hall–Kier alpha value is -2.41. The fraction of sp³-hybridized carbons (Fsp3) is 0. The van der Waals surface area contributed by atoms with E-state index in [2.05, 4.69) is 10.3 Å². The van der Waals surface area contributed by atoms with Gasteiger partial charge in [-0.1, -0.05) is 41.7 Å². The van der Waals surface area contributed by atoms with Gasteiger partial charge in [-0.05, 0) is 0 Å². The molecule has 0 unspecified atom stereocenters. The molecule has 92 valence electrons. The van der Waals surface area contributed by atoms with Gasteiger partial charge >= 0.3 is 12.0 Å². The minimum Gasteiger partial charge on any atom is -0.476 e. The summed E-state index contributed by atoms with van der Waals surface area (Å²) >= 11 is 1.07. The molecule has 0 spiro atoms. The molecule has 18 heavy (non-hydrogen) atoms. The zero-order chi connectivity index (χ0) is 13.1. The highest BCUT2D eigenvalue weighted by Gasteiger charge is 2.19. The molecule has 2 aromatic rings. The van der Waals surface area contributed by atoms with Crippen LogP contribution in [0.25, 0.3) is 10.6 Å². The SMILES string of the molecule is NC(=O)Nc1sc(-c2ccccc2)nc1C(=O)O. The van der Waals surface area contributed by atoms with E-state index in [1.807, 2.05) is 18.2 Å². The first kappa shape index (κ1) is 12.1. The van der Waals surface area contributed by atoms with E-state index in [9.17, 15) is 9.59 Å². The zero-order valence-electron chi connectivity index (χ0n) is 9.08. The molecule has 0 saturated carbocycles. The molecule has 6 nitrogen and oxygen atoms in total. The van der Waals surface area contributed by atoms with Crippen molar-refractivity contribution in [2.24, 2.45) is 5.73 Å². The molecular formula is C11H9N3O3S. The number of anilines is 1. The van der Waals surface area contributed by atoms with Gasteiger partial charge in [0.05, 0.1) is 0 Å². The van der Waals surface area contributed by atoms with E-state index >= 15 is 0 Å². The molecule has 4 N–H and O–H groups in total. The summed E-state index contributed by atoms with van der Waals surface area (Å²) in [5, 5.41) is 11.9. The Balaban J connectivity index is 2.45. The molecule has 0 aliphatic heterocycles. The Morgan fingerprint density at radius 2 is 1.94 bits per heavy atom. The summed E-state index contributed by atoms with van der Waals surface area (Å²) in [4.78, 5) is 25.8. The van der Waals surface area contributed by atoms with Crippen molar-refractivity contribution in [3.8, 4) is 10.6 Å². The van der Waals surface area contributed by atoms with Crippen molar-refractivity contribution in [1.29, 1.82) is 0 Å². The van der Waals surface area contributed by atoms with Crippen LogP contribution in [0.2, 0.25) is 0 Å². The van der Waals surface area contributed by atoms with E-state index in [0.29, 0.717) is 5.01 Å². The van der Waals surface area contributed by atoms with Gasteiger partial charge in [0.15, 0.2) is 5.69 Å². The maximum absolute atomic E-state index is 11.0. The Kier molecular flexibility index (Phi) is 3.24. The Bertz CT molecular complexity index is 595. The summed E-state index contributed by atoms with van der Waals surface area (Å²) in [7, 11) is 0. The van der Waals surface area contributed by atoms with Crippen LogP contribution in [0, 0.1) is 0 Å². The maximum atomic E-state index is 11.0. The number of urea groups is 1. The first-order valence-corrected chi connectivity index (χ1v) is 5.75. The van der Waals surface area contributed by atoms with Gasteiger partial charge in [0.2, 0.25) is 0 Å². The number of benzene rings is 1. The molecule has 0 aliphatic rings. The van der Waals surface area contributed by atoms with E-state index in [1.165, 1.54) is 0 Å². The smallest absolute Gasteiger partial charge is 0.357 e. The number of aromatic nitrogens is 1. The lowest BCUT2D eigenvalue weighted by molar-refractivity contribution is 0.0692. The highest BCUT2D eigenvalue weighted by Crippen LogP contribution is 2.31.